The molecule has 6 heteroatoms. The lowest BCUT2D eigenvalue weighted by molar-refractivity contribution is 0.0198. The van der Waals surface area contributed by atoms with Gasteiger partial charge in [0.25, 0.3) is 5.56 Å². The van der Waals surface area contributed by atoms with Crippen molar-refractivity contribution in [1.82, 2.24) is 9.55 Å². The Balaban J connectivity index is 1.64. The van der Waals surface area contributed by atoms with Gasteiger partial charge in [0.1, 0.15) is 0 Å². The minimum Gasteiger partial charge on any atom is -0.389 e. The fourth-order valence-electron chi connectivity index (χ4n) is 2.43. The van der Waals surface area contributed by atoms with E-state index in [1.165, 1.54) is 10.9 Å². The van der Waals surface area contributed by atoms with Crippen LogP contribution in [-0.2, 0) is 17.9 Å². The average Bonchev–Trinajstić information content (AvgIpc) is 2.59. The third-order valence-corrected chi connectivity index (χ3v) is 3.85. The number of aliphatic hydroxyl groups is 1. The van der Waals surface area contributed by atoms with Crippen molar-refractivity contribution in [3.8, 4) is 0 Å². The number of aromatic nitrogens is 2. The summed E-state index contributed by atoms with van der Waals surface area (Å²) in [6.07, 6.45) is 0.628. The summed E-state index contributed by atoms with van der Waals surface area (Å²) < 4.78 is 6.86. The molecule has 2 aromatic carbocycles. The number of ether oxygens (including phenoxy) is 1. The third-order valence-electron chi connectivity index (χ3n) is 3.62. The molecule has 24 heavy (non-hydrogen) atoms. The first-order valence-electron chi connectivity index (χ1n) is 7.58. The van der Waals surface area contributed by atoms with Gasteiger partial charge in [-0.3, -0.25) is 9.36 Å². The number of rotatable bonds is 6. The molecule has 0 bridgehead atoms. The van der Waals surface area contributed by atoms with E-state index < -0.39 is 6.10 Å². The minimum atomic E-state index is -0.801. The van der Waals surface area contributed by atoms with Crippen molar-refractivity contribution in [2.24, 2.45) is 0 Å². The number of nitrogens with zero attached hydrogens (tertiary/aromatic N) is 2. The number of hydrogen-bond acceptors (Lipinski definition) is 4. The highest BCUT2D eigenvalue weighted by atomic mass is 35.5. The standard InChI is InChI=1S/C18H17ClN2O3/c19-14-6-7-17-16(8-14)18(23)21(12-20-17)9-15(22)11-24-10-13-4-2-1-3-5-13/h1-8,12,15,22H,9-11H2/t15-/m0/s1. The van der Waals surface area contributed by atoms with E-state index in [1.807, 2.05) is 30.3 Å². The molecule has 0 saturated carbocycles. The van der Waals surface area contributed by atoms with Crippen LogP contribution in [0.4, 0.5) is 0 Å². The van der Waals surface area contributed by atoms with Crippen molar-refractivity contribution in [3.05, 3.63) is 75.8 Å². The van der Waals surface area contributed by atoms with Gasteiger partial charge in [-0.05, 0) is 23.8 Å². The SMILES string of the molecule is O=c1c2cc(Cl)ccc2ncn1C[C@H](O)COCc1ccccc1. The molecule has 1 N–H and O–H groups in total. The molecule has 1 atom stereocenters. The van der Waals surface area contributed by atoms with Crippen LogP contribution < -0.4 is 5.56 Å². The smallest absolute Gasteiger partial charge is 0.261 e. The summed E-state index contributed by atoms with van der Waals surface area (Å²) in [7, 11) is 0. The molecule has 0 unspecified atom stereocenters. The molecule has 0 saturated heterocycles. The number of benzene rings is 2. The first kappa shape index (κ1) is 16.6. The highest BCUT2D eigenvalue weighted by molar-refractivity contribution is 6.31. The maximum absolute atomic E-state index is 12.4. The quantitative estimate of drug-likeness (QED) is 0.746. The molecule has 124 valence electrons. The third kappa shape index (κ3) is 4.00. The molecule has 1 heterocycles. The van der Waals surface area contributed by atoms with Gasteiger partial charge in [-0.15, -0.1) is 0 Å². The van der Waals surface area contributed by atoms with Gasteiger partial charge in [-0.25, -0.2) is 4.98 Å². The Kier molecular flexibility index (Phi) is 5.25. The van der Waals surface area contributed by atoms with Crippen molar-refractivity contribution < 1.29 is 9.84 Å². The minimum absolute atomic E-state index is 0.114. The van der Waals surface area contributed by atoms with Gasteiger partial charge < -0.3 is 9.84 Å². The molecule has 0 fully saturated rings. The van der Waals surface area contributed by atoms with Crippen LogP contribution in [0.1, 0.15) is 5.56 Å². The molecule has 0 amide bonds. The van der Waals surface area contributed by atoms with Crippen LogP contribution in [0.5, 0.6) is 0 Å². The van der Waals surface area contributed by atoms with Crippen molar-refractivity contribution in [3.63, 3.8) is 0 Å². The first-order valence-corrected chi connectivity index (χ1v) is 7.96. The van der Waals surface area contributed by atoms with Gasteiger partial charge in [0.2, 0.25) is 0 Å². The predicted octanol–water partition coefficient (Wildman–Crippen LogP) is 2.63. The van der Waals surface area contributed by atoms with E-state index in [0.29, 0.717) is 22.5 Å². The van der Waals surface area contributed by atoms with E-state index in [-0.39, 0.29) is 18.7 Å². The second-order valence-electron chi connectivity index (χ2n) is 5.52. The van der Waals surface area contributed by atoms with Gasteiger partial charge in [0, 0.05) is 5.02 Å². The fraction of sp³-hybridized carbons (Fsp3) is 0.222. The van der Waals surface area contributed by atoms with E-state index in [0.717, 1.165) is 5.56 Å². The highest BCUT2D eigenvalue weighted by Crippen LogP contribution is 2.14. The molecule has 1 aromatic heterocycles. The molecular weight excluding hydrogens is 328 g/mol. The normalized spacial score (nSPS) is 12.4. The zero-order chi connectivity index (χ0) is 16.9. The lowest BCUT2D eigenvalue weighted by atomic mass is 10.2. The van der Waals surface area contributed by atoms with Crippen LogP contribution in [0.15, 0.2) is 59.7 Å². The Labute approximate surface area is 144 Å². The van der Waals surface area contributed by atoms with Gasteiger partial charge in [-0.2, -0.15) is 0 Å². The number of halogens is 1. The van der Waals surface area contributed by atoms with Gasteiger partial charge in [0.15, 0.2) is 0 Å². The fourth-order valence-corrected chi connectivity index (χ4v) is 2.60. The summed E-state index contributed by atoms with van der Waals surface area (Å²) in [5.74, 6) is 0. The Morgan fingerprint density at radius 2 is 2.00 bits per heavy atom. The van der Waals surface area contributed by atoms with Crippen molar-refractivity contribution >= 4 is 22.5 Å². The lowest BCUT2D eigenvalue weighted by Crippen LogP contribution is -2.29. The molecule has 0 spiro atoms. The maximum Gasteiger partial charge on any atom is 0.261 e. The number of aliphatic hydroxyl groups excluding tert-OH is 1. The zero-order valence-corrected chi connectivity index (χ0v) is 13.7. The van der Waals surface area contributed by atoms with Crippen molar-refractivity contribution in [2.45, 2.75) is 19.3 Å². The van der Waals surface area contributed by atoms with Crippen LogP contribution in [0.2, 0.25) is 5.02 Å². The molecule has 3 rings (SSSR count). The van der Waals surface area contributed by atoms with Crippen molar-refractivity contribution in [2.75, 3.05) is 6.61 Å². The Hall–Kier alpha value is -2.21. The Morgan fingerprint density at radius 3 is 2.79 bits per heavy atom. The first-order chi connectivity index (χ1) is 11.6. The van der Waals surface area contributed by atoms with E-state index in [1.54, 1.807) is 18.2 Å². The second kappa shape index (κ2) is 7.57. The summed E-state index contributed by atoms with van der Waals surface area (Å²) >= 11 is 5.93. The zero-order valence-electron chi connectivity index (χ0n) is 12.9. The summed E-state index contributed by atoms with van der Waals surface area (Å²) in [4.78, 5) is 16.6. The topological polar surface area (TPSA) is 64.4 Å². The Bertz CT molecular complexity index is 880. The largest absolute Gasteiger partial charge is 0.389 e. The molecule has 3 aromatic rings. The van der Waals surface area contributed by atoms with Crippen LogP contribution in [0, 0.1) is 0 Å². The molecular formula is C18H17ClN2O3. The maximum atomic E-state index is 12.4. The molecule has 5 nitrogen and oxygen atoms in total. The van der Waals surface area contributed by atoms with Crippen molar-refractivity contribution in [1.29, 1.82) is 0 Å². The van der Waals surface area contributed by atoms with E-state index >= 15 is 0 Å². The van der Waals surface area contributed by atoms with Gasteiger partial charge in [-0.1, -0.05) is 41.9 Å². The van der Waals surface area contributed by atoms with Crippen LogP contribution >= 0.6 is 11.6 Å². The molecule has 0 aliphatic rings. The summed E-state index contributed by atoms with van der Waals surface area (Å²) in [5.41, 5.74) is 1.38. The molecule has 0 aliphatic heterocycles. The van der Waals surface area contributed by atoms with E-state index in [9.17, 15) is 9.90 Å². The number of fused-ring (bicyclic) bond motifs is 1. The highest BCUT2D eigenvalue weighted by Gasteiger charge is 2.10. The molecule has 0 radical (unpaired) electrons. The summed E-state index contributed by atoms with van der Waals surface area (Å²) in [6, 6.07) is 14.7. The second-order valence-corrected chi connectivity index (χ2v) is 5.95. The van der Waals surface area contributed by atoms with Crippen LogP contribution in [0.3, 0.4) is 0 Å². The Morgan fingerprint density at radius 1 is 1.21 bits per heavy atom. The van der Waals surface area contributed by atoms with E-state index in [2.05, 4.69) is 4.98 Å². The molecule has 0 aliphatic carbocycles. The van der Waals surface area contributed by atoms with Crippen LogP contribution in [-0.4, -0.2) is 27.4 Å². The summed E-state index contributed by atoms with van der Waals surface area (Å²) in [6.45, 7) is 0.663. The van der Waals surface area contributed by atoms with Gasteiger partial charge >= 0.3 is 0 Å². The monoisotopic (exact) mass is 344 g/mol. The van der Waals surface area contributed by atoms with Gasteiger partial charge in [0.05, 0.1) is 43.1 Å². The van der Waals surface area contributed by atoms with Crippen LogP contribution in [0.25, 0.3) is 10.9 Å². The lowest BCUT2D eigenvalue weighted by Gasteiger charge is -2.13. The average molecular weight is 345 g/mol. The van der Waals surface area contributed by atoms with E-state index in [4.69, 9.17) is 16.3 Å². The number of hydrogen-bond donors (Lipinski definition) is 1. The predicted molar refractivity (Wildman–Crippen MR) is 93.1 cm³/mol. The summed E-state index contributed by atoms with van der Waals surface area (Å²) in [5, 5.41) is 11.0.